The molecule has 0 radical (unpaired) electrons. The van der Waals surface area contributed by atoms with Crippen LogP contribution in [0.25, 0.3) is 17.2 Å². The van der Waals surface area contributed by atoms with Crippen molar-refractivity contribution in [2.45, 2.75) is 33.0 Å². The predicted octanol–water partition coefficient (Wildman–Crippen LogP) is 3.96. The van der Waals surface area contributed by atoms with Crippen LogP contribution in [0.1, 0.15) is 20.8 Å². The molecule has 8 nitrogen and oxygen atoms in total. The molecule has 0 N–H and O–H groups in total. The van der Waals surface area contributed by atoms with Crippen molar-refractivity contribution in [1.82, 2.24) is 19.4 Å². The van der Waals surface area contributed by atoms with Crippen LogP contribution in [0.5, 0.6) is 0 Å². The molecule has 0 saturated carbocycles. The van der Waals surface area contributed by atoms with Gasteiger partial charge in [0.2, 0.25) is 0 Å². The zero-order chi connectivity index (χ0) is 21.3. The van der Waals surface area contributed by atoms with Crippen molar-refractivity contribution < 1.29 is 9.57 Å². The molecule has 3 aromatic heterocycles. The van der Waals surface area contributed by atoms with E-state index in [0.29, 0.717) is 29.7 Å². The molecule has 0 amide bonds. The lowest BCUT2D eigenvalue weighted by atomic mass is 10.2. The van der Waals surface area contributed by atoms with Gasteiger partial charge in [-0.25, -0.2) is 15.0 Å². The Hall–Kier alpha value is -2.97. The molecule has 9 heteroatoms. The van der Waals surface area contributed by atoms with E-state index in [0.717, 1.165) is 22.9 Å². The summed E-state index contributed by atoms with van der Waals surface area (Å²) < 4.78 is 7.88. The number of anilines is 1. The van der Waals surface area contributed by atoms with Gasteiger partial charge in [0.05, 0.1) is 29.6 Å². The van der Waals surface area contributed by atoms with Crippen LogP contribution in [0.3, 0.4) is 0 Å². The summed E-state index contributed by atoms with van der Waals surface area (Å²) in [5.74, 6) is 1.83. The highest BCUT2D eigenvalue weighted by Crippen LogP contribution is 2.25. The Balaban J connectivity index is 1.60. The minimum absolute atomic E-state index is 0.0242. The van der Waals surface area contributed by atoms with Crippen molar-refractivity contribution in [2.24, 2.45) is 5.16 Å². The third kappa shape index (κ3) is 4.29. The molecule has 1 aliphatic rings. The number of aromatic nitrogens is 4. The fourth-order valence-corrected chi connectivity index (χ4v) is 3.45. The second-order valence-electron chi connectivity index (χ2n) is 7.39. The van der Waals surface area contributed by atoms with E-state index >= 15 is 0 Å². The number of rotatable bonds is 5. The lowest BCUT2D eigenvalue weighted by Gasteiger charge is -2.37. The van der Waals surface area contributed by atoms with Gasteiger partial charge < -0.3 is 14.5 Å². The summed E-state index contributed by atoms with van der Waals surface area (Å²) in [6.07, 6.45) is 4.96. The average Bonchev–Trinajstić information content (AvgIpc) is 3.14. The normalized spacial score (nSPS) is 19.0. The first-order valence-electron chi connectivity index (χ1n) is 9.64. The molecule has 1 aliphatic heterocycles. The van der Waals surface area contributed by atoms with Gasteiger partial charge in [0.1, 0.15) is 23.3 Å². The first-order valence-corrected chi connectivity index (χ1v) is 10.0. The summed E-state index contributed by atoms with van der Waals surface area (Å²) in [7, 11) is 0. The fourth-order valence-electron chi connectivity index (χ4n) is 3.29. The van der Waals surface area contributed by atoms with Gasteiger partial charge in [-0.05, 0) is 39.0 Å². The van der Waals surface area contributed by atoms with Gasteiger partial charge in [0.25, 0.3) is 0 Å². The molecule has 0 aromatic carbocycles. The average molecular weight is 427 g/mol. The summed E-state index contributed by atoms with van der Waals surface area (Å²) in [4.78, 5) is 21.2. The zero-order valence-corrected chi connectivity index (χ0v) is 17.9. The highest BCUT2D eigenvalue weighted by molar-refractivity contribution is 6.30. The third-order valence-corrected chi connectivity index (χ3v) is 4.85. The highest BCUT2D eigenvalue weighted by atomic mass is 35.5. The Kier molecular flexibility index (Phi) is 5.69. The van der Waals surface area contributed by atoms with Crippen LogP contribution < -0.4 is 4.90 Å². The van der Waals surface area contributed by atoms with Crippen LogP contribution in [0.15, 0.2) is 54.3 Å². The second kappa shape index (κ2) is 8.41. The molecule has 0 bridgehead atoms. The van der Waals surface area contributed by atoms with E-state index in [1.165, 1.54) is 0 Å². The summed E-state index contributed by atoms with van der Waals surface area (Å²) >= 11 is 6.15. The number of fused-ring (bicyclic) bond motifs is 1. The van der Waals surface area contributed by atoms with Crippen LogP contribution in [0.4, 0.5) is 5.82 Å². The van der Waals surface area contributed by atoms with Crippen molar-refractivity contribution >= 4 is 28.8 Å². The maximum atomic E-state index is 6.15. The Morgan fingerprint density at radius 3 is 2.90 bits per heavy atom. The van der Waals surface area contributed by atoms with Crippen molar-refractivity contribution in [3.63, 3.8) is 0 Å². The van der Waals surface area contributed by atoms with Crippen molar-refractivity contribution in [1.29, 1.82) is 0 Å². The minimum atomic E-state index is -0.315. The smallest absolute Gasteiger partial charge is 0.180 e. The van der Waals surface area contributed by atoms with E-state index in [1.807, 2.05) is 37.3 Å². The summed E-state index contributed by atoms with van der Waals surface area (Å²) in [6, 6.07) is 5.54. The van der Waals surface area contributed by atoms with Crippen LogP contribution >= 0.6 is 11.6 Å². The predicted molar refractivity (Wildman–Crippen MR) is 117 cm³/mol. The second-order valence-corrected chi connectivity index (χ2v) is 7.83. The number of hydrogen-bond acceptors (Lipinski definition) is 7. The van der Waals surface area contributed by atoms with E-state index in [4.69, 9.17) is 26.2 Å². The Labute approximate surface area is 179 Å². The van der Waals surface area contributed by atoms with E-state index in [2.05, 4.69) is 26.6 Å². The fraction of sp³-hybridized carbons (Fsp3) is 0.333. The number of oxime groups is 1. The number of ether oxygens (including phenoxy) is 1. The lowest BCUT2D eigenvalue weighted by Crippen LogP contribution is -2.47. The van der Waals surface area contributed by atoms with Gasteiger partial charge in [-0.2, -0.15) is 0 Å². The Morgan fingerprint density at radius 2 is 2.10 bits per heavy atom. The van der Waals surface area contributed by atoms with Gasteiger partial charge in [0.15, 0.2) is 11.6 Å². The first kappa shape index (κ1) is 20.3. The molecule has 156 valence electrons. The van der Waals surface area contributed by atoms with Crippen molar-refractivity contribution in [3.8, 4) is 11.5 Å². The number of pyridine rings is 1. The molecule has 3 aromatic rings. The molecule has 1 fully saturated rings. The maximum absolute atomic E-state index is 6.15. The van der Waals surface area contributed by atoms with Crippen LogP contribution in [0, 0.1) is 0 Å². The summed E-state index contributed by atoms with van der Waals surface area (Å²) in [6.45, 7) is 10.9. The van der Waals surface area contributed by atoms with E-state index in [-0.39, 0.29) is 12.2 Å². The quantitative estimate of drug-likeness (QED) is 0.349. The number of imidazole rings is 1. The van der Waals surface area contributed by atoms with Gasteiger partial charge in [-0.1, -0.05) is 23.3 Å². The molecule has 0 unspecified atom stereocenters. The SMILES string of the molecule is C=C(ON=C(C)C)[C@H]1CN(c2ccnc(-c3cnc4ccc(Cl)cn34)n2)C[C@@H](C)O1. The van der Waals surface area contributed by atoms with Crippen molar-refractivity contribution in [3.05, 3.63) is 54.2 Å². The van der Waals surface area contributed by atoms with Crippen molar-refractivity contribution in [2.75, 3.05) is 18.0 Å². The Morgan fingerprint density at radius 1 is 1.27 bits per heavy atom. The first-order chi connectivity index (χ1) is 14.4. The summed E-state index contributed by atoms with van der Waals surface area (Å²) in [5, 5.41) is 4.60. The van der Waals surface area contributed by atoms with Gasteiger partial charge in [0, 0.05) is 18.9 Å². The number of nitrogens with zero attached hydrogens (tertiary/aromatic N) is 6. The molecule has 4 heterocycles. The zero-order valence-electron chi connectivity index (χ0n) is 17.1. The molecular weight excluding hydrogens is 404 g/mol. The monoisotopic (exact) mass is 426 g/mol. The van der Waals surface area contributed by atoms with Crippen LogP contribution in [-0.2, 0) is 9.57 Å². The van der Waals surface area contributed by atoms with Gasteiger partial charge in [-0.3, -0.25) is 4.40 Å². The topological polar surface area (TPSA) is 77.1 Å². The van der Waals surface area contributed by atoms with E-state index < -0.39 is 0 Å². The van der Waals surface area contributed by atoms with Crippen LogP contribution in [-0.4, -0.2) is 50.4 Å². The highest BCUT2D eigenvalue weighted by Gasteiger charge is 2.29. The molecule has 1 saturated heterocycles. The maximum Gasteiger partial charge on any atom is 0.180 e. The molecule has 2 atom stereocenters. The van der Waals surface area contributed by atoms with E-state index in [1.54, 1.807) is 24.7 Å². The molecule has 0 aliphatic carbocycles. The lowest BCUT2D eigenvalue weighted by molar-refractivity contribution is -0.0255. The summed E-state index contributed by atoms with van der Waals surface area (Å²) in [5.41, 5.74) is 2.36. The molecule has 0 spiro atoms. The van der Waals surface area contributed by atoms with Crippen LogP contribution in [0.2, 0.25) is 5.02 Å². The Bertz CT molecular complexity index is 1110. The van der Waals surface area contributed by atoms with Gasteiger partial charge >= 0.3 is 0 Å². The largest absolute Gasteiger partial charge is 0.364 e. The van der Waals surface area contributed by atoms with Gasteiger partial charge in [-0.15, -0.1) is 0 Å². The standard InChI is InChI=1S/C21H23ClN6O2/c1-13(2)26-30-15(4)18-12-27(10-14(3)29-18)20-7-8-23-21(25-20)17-9-24-19-6-5-16(22)11-28(17)19/h5-9,11,14,18H,4,10,12H2,1-3H3/t14-,18-/m1/s1. The van der Waals surface area contributed by atoms with E-state index in [9.17, 15) is 0 Å². The number of morpholine rings is 1. The number of hydrogen-bond donors (Lipinski definition) is 0. The number of halogens is 1. The minimum Gasteiger partial charge on any atom is -0.364 e. The third-order valence-electron chi connectivity index (χ3n) is 4.63. The molecule has 4 rings (SSSR count). The molecular formula is C21H23ClN6O2. The molecule has 30 heavy (non-hydrogen) atoms.